The third-order valence-corrected chi connectivity index (χ3v) is 6.25. The van der Waals surface area contributed by atoms with E-state index in [1.807, 2.05) is 29.7 Å². The fourth-order valence-electron chi connectivity index (χ4n) is 4.10. The molecule has 1 fully saturated rings. The predicted octanol–water partition coefficient (Wildman–Crippen LogP) is 4.74. The Morgan fingerprint density at radius 2 is 2.06 bits per heavy atom. The first kappa shape index (κ1) is 24.2. The van der Waals surface area contributed by atoms with Crippen molar-refractivity contribution in [3.63, 3.8) is 0 Å². The summed E-state index contributed by atoms with van der Waals surface area (Å²) in [7, 11) is 1.79. The highest BCUT2D eigenvalue weighted by atomic mass is 16.5. The lowest BCUT2D eigenvalue weighted by molar-refractivity contribution is -0.124. The van der Waals surface area contributed by atoms with E-state index in [0.717, 1.165) is 36.9 Å². The molecule has 35 heavy (non-hydrogen) atoms. The van der Waals surface area contributed by atoms with E-state index in [9.17, 15) is 9.59 Å². The number of rotatable bonds is 9. The monoisotopic (exact) mass is 474 g/mol. The number of carbonyl (C=O) groups excluding carboxylic acids is 2. The average molecular weight is 475 g/mol. The molecule has 9 heteroatoms. The minimum absolute atomic E-state index is 0.104. The number of benzene rings is 2. The van der Waals surface area contributed by atoms with Gasteiger partial charge in [0.2, 0.25) is 11.9 Å². The molecule has 3 aromatic rings. The van der Waals surface area contributed by atoms with Crippen molar-refractivity contribution in [1.82, 2.24) is 9.55 Å². The van der Waals surface area contributed by atoms with Crippen molar-refractivity contribution in [1.29, 1.82) is 5.26 Å². The molecule has 0 bridgehead atoms. The summed E-state index contributed by atoms with van der Waals surface area (Å²) in [6.07, 6.45) is 3.75. The van der Waals surface area contributed by atoms with Crippen LogP contribution in [0.2, 0.25) is 0 Å². The Morgan fingerprint density at radius 1 is 1.23 bits per heavy atom. The van der Waals surface area contributed by atoms with Crippen LogP contribution < -0.4 is 15.5 Å². The molecular formula is C26H30N6O3. The summed E-state index contributed by atoms with van der Waals surface area (Å²) < 4.78 is 7.42. The minimum Gasteiger partial charge on any atom is -0.382 e. The highest BCUT2D eigenvalue weighted by Crippen LogP contribution is 2.31. The van der Waals surface area contributed by atoms with Crippen LogP contribution in [-0.4, -0.2) is 41.8 Å². The van der Waals surface area contributed by atoms with Gasteiger partial charge in [0, 0.05) is 44.1 Å². The quantitative estimate of drug-likeness (QED) is 0.435. The smallest absolute Gasteiger partial charge is 0.326 e. The first-order valence-electron chi connectivity index (χ1n) is 11.9. The van der Waals surface area contributed by atoms with Crippen LogP contribution in [0, 0.1) is 17.2 Å². The molecule has 1 saturated carbocycles. The van der Waals surface area contributed by atoms with Gasteiger partial charge in [-0.2, -0.15) is 5.26 Å². The molecule has 3 amide bonds. The summed E-state index contributed by atoms with van der Waals surface area (Å²) in [6.45, 7) is 3.80. The zero-order valence-corrected chi connectivity index (χ0v) is 20.1. The Kier molecular flexibility index (Phi) is 7.63. The number of hydrogen-bond donors (Lipinski definition) is 2. The van der Waals surface area contributed by atoms with E-state index in [-0.39, 0.29) is 11.8 Å². The van der Waals surface area contributed by atoms with Crippen molar-refractivity contribution >= 4 is 40.3 Å². The molecule has 0 saturated heterocycles. The topological polar surface area (TPSA) is 112 Å². The van der Waals surface area contributed by atoms with Crippen molar-refractivity contribution in [2.45, 2.75) is 39.2 Å². The highest BCUT2D eigenvalue weighted by molar-refractivity contribution is 6.00. The number of aryl methyl sites for hydroxylation is 1. The lowest BCUT2D eigenvalue weighted by Crippen LogP contribution is -2.36. The zero-order valence-electron chi connectivity index (χ0n) is 20.1. The Labute approximate surface area is 204 Å². The van der Waals surface area contributed by atoms with Gasteiger partial charge in [-0.05, 0) is 62.6 Å². The van der Waals surface area contributed by atoms with E-state index in [1.54, 1.807) is 36.2 Å². The number of amides is 3. The summed E-state index contributed by atoms with van der Waals surface area (Å²) in [5, 5.41) is 14.7. The van der Waals surface area contributed by atoms with Gasteiger partial charge in [-0.25, -0.2) is 9.78 Å². The van der Waals surface area contributed by atoms with Crippen molar-refractivity contribution < 1.29 is 14.3 Å². The summed E-state index contributed by atoms with van der Waals surface area (Å²) in [6, 6.07) is 14.0. The molecule has 1 heterocycles. The Balaban J connectivity index is 1.57. The predicted molar refractivity (Wildman–Crippen MR) is 135 cm³/mol. The van der Waals surface area contributed by atoms with Gasteiger partial charge in [-0.15, -0.1) is 0 Å². The lowest BCUT2D eigenvalue weighted by atomic mass is 9.84. The molecule has 0 radical (unpaired) electrons. The maximum atomic E-state index is 12.7. The van der Waals surface area contributed by atoms with E-state index in [1.165, 1.54) is 0 Å². The van der Waals surface area contributed by atoms with Crippen LogP contribution in [0.4, 0.5) is 22.1 Å². The largest absolute Gasteiger partial charge is 0.382 e. The van der Waals surface area contributed by atoms with Gasteiger partial charge >= 0.3 is 6.03 Å². The van der Waals surface area contributed by atoms with Crippen LogP contribution in [0.15, 0.2) is 42.5 Å². The minimum atomic E-state index is -0.459. The molecule has 0 atom stereocenters. The van der Waals surface area contributed by atoms with Gasteiger partial charge in [0.15, 0.2) is 0 Å². The third-order valence-electron chi connectivity index (χ3n) is 6.25. The lowest BCUT2D eigenvalue weighted by Gasteiger charge is -2.29. The molecule has 1 aliphatic carbocycles. The molecule has 9 nitrogen and oxygen atoms in total. The molecule has 0 aliphatic heterocycles. The molecule has 1 aliphatic rings. The number of aromatic nitrogens is 2. The van der Waals surface area contributed by atoms with Crippen LogP contribution in [0.5, 0.6) is 0 Å². The average Bonchev–Trinajstić information content (AvgIpc) is 3.16. The van der Waals surface area contributed by atoms with Gasteiger partial charge < -0.3 is 19.5 Å². The summed E-state index contributed by atoms with van der Waals surface area (Å²) in [5.74, 6) is 0.631. The van der Waals surface area contributed by atoms with Crippen LogP contribution in [0.3, 0.4) is 0 Å². The van der Waals surface area contributed by atoms with Gasteiger partial charge in [0.1, 0.15) is 0 Å². The van der Waals surface area contributed by atoms with Gasteiger partial charge in [-0.1, -0.05) is 12.5 Å². The Hall–Kier alpha value is -3.90. The fourth-order valence-corrected chi connectivity index (χ4v) is 4.10. The van der Waals surface area contributed by atoms with Gasteiger partial charge in [0.25, 0.3) is 0 Å². The number of hydrogen-bond acceptors (Lipinski definition) is 5. The van der Waals surface area contributed by atoms with Gasteiger partial charge in [-0.3, -0.25) is 10.1 Å². The van der Waals surface area contributed by atoms with Crippen molar-refractivity contribution in [3.8, 4) is 6.07 Å². The second-order valence-electron chi connectivity index (χ2n) is 8.61. The van der Waals surface area contributed by atoms with Crippen molar-refractivity contribution in [2.75, 3.05) is 35.8 Å². The zero-order chi connectivity index (χ0) is 24.8. The number of nitriles is 1. The standard InChI is InChI=1S/C26H30N6O3/c1-3-35-14-6-13-32-23-12-11-21(31(2)24(33)19-8-5-9-19)16-22(23)29-25(32)30-26(34)28-20-10-4-7-18(15-20)17-27/h4,7,10-12,15-16,19H,3,5-6,8-9,13-14H2,1-2H3,(H2,28,29,30,34). The normalized spacial score (nSPS) is 13.2. The Morgan fingerprint density at radius 3 is 2.77 bits per heavy atom. The number of carbonyl (C=O) groups is 2. The van der Waals surface area contributed by atoms with Crippen molar-refractivity contribution in [2.24, 2.45) is 5.92 Å². The Bertz CT molecular complexity index is 1260. The van der Waals surface area contributed by atoms with Crippen LogP contribution in [0.25, 0.3) is 11.0 Å². The van der Waals surface area contributed by atoms with E-state index in [0.29, 0.717) is 42.5 Å². The maximum Gasteiger partial charge on any atom is 0.326 e. The van der Waals surface area contributed by atoms with E-state index >= 15 is 0 Å². The molecule has 0 spiro atoms. The molecule has 182 valence electrons. The maximum absolute atomic E-state index is 12.7. The number of nitrogens with one attached hydrogen (secondary N) is 2. The second kappa shape index (κ2) is 11.0. The molecule has 0 unspecified atom stereocenters. The first-order valence-corrected chi connectivity index (χ1v) is 11.9. The SMILES string of the molecule is CCOCCCn1c(NC(=O)Nc2cccc(C#N)c2)nc2cc(N(C)C(=O)C3CCC3)ccc21. The fraction of sp³-hybridized carbons (Fsp3) is 0.385. The van der Waals surface area contributed by atoms with E-state index < -0.39 is 6.03 Å². The van der Waals surface area contributed by atoms with Crippen LogP contribution in [0.1, 0.15) is 38.2 Å². The number of ether oxygens (including phenoxy) is 1. The van der Waals surface area contributed by atoms with E-state index in [2.05, 4.69) is 21.7 Å². The molecule has 2 N–H and O–H groups in total. The molecule has 4 rings (SSSR count). The summed E-state index contributed by atoms with van der Waals surface area (Å²) in [4.78, 5) is 31.8. The van der Waals surface area contributed by atoms with Crippen LogP contribution in [-0.2, 0) is 16.1 Å². The van der Waals surface area contributed by atoms with Gasteiger partial charge in [0.05, 0.1) is 22.7 Å². The van der Waals surface area contributed by atoms with E-state index in [4.69, 9.17) is 10.00 Å². The number of fused-ring (bicyclic) bond motifs is 1. The van der Waals surface area contributed by atoms with Crippen LogP contribution >= 0.6 is 0 Å². The summed E-state index contributed by atoms with van der Waals surface area (Å²) >= 11 is 0. The summed E-state index contributed by atoms with van der Waals surface area (Å²) in [5.41, 5.74) is 3.29. The number of imidazole rings is 1. The molecule has 2 aromatic carbocycles. The number of urea groups is 1. The highest BCUT2D eigenvalue weighted by Gasteiger charge is 2.28. The second-order valence-corrected chi connectivity index (χ2v) is 8.61. The number of nitrogens with zero attached hydrogens (tertiary/aromatic N) is 4. The third kappa shape index (κ3) is 5.61. The number of anilines is 3. The molecular weight excluding hydrogens is 444 g/mol. The van der Waals surface area contributed by atoms with Crippen molar-refractivity contribution in [3.05, 3.63) is 48.0 Å². The first-order chi connectivity index (χ1) is 17.0. The molecule has 1 aromatic heterocycles.